The van der Waals surface area contributed by atoms with E-state index in [2.05, 4.69) is 69.4 Å². The fraction of sp³-hybridized carbons (Fsp3) is 0.831. The molecule has 71 heavy (non-hydrogen) atoms. The molecule has 0 rings (SSSR count). The number of rotatable bonds is 57. The molecule has 0 aromatic rings. The van der Waals surface area contributed by atoms with Crippen LogP contribution in [-0.2, 0) is 28.6 Å². The van der Waals surface area contributed by atoms with Crippen molar-refractivity contribution in [2.45, 2.75) is 335 Å². The molecule has 6 heteroatoms. The second-order valence-electron chi connectivity index (χ2n) is 21.0. The van der Waals surface area contributed by atoms with E-state index >= 15 is 0 Å². The maximum absolute atomic E-state index is 12.9. The Labute approximate surface area is 441 Å². The molecule has 0 bridgehead atoms. The highest BCUT2D eigenvalue weighted by Crippen LogP contribution is 2.17. The molecule has 0 aliphatic rings. The fourth-order valence-corrected chi connectivity index (χ4v) is 9.09. The highest BCUT2D eigenvalue weighted by atomic mass is 16.6. The molecule has 0 heterocycles. The Bertz CT molecular complexity index is 1230. The molecular weight excluding hydrogens is 877 g/mol. The molecule has 0 spiro atoms. The molecule has 0 N–H and O–H groups in total. The second-order valence-corrected chi connectivity index (χ2v) is 21.0. The van der Waals surface area contributed by atoms with Gasteiger partial charge in [0.1, 0.15) is 13.2 Å². The third kappa shape index (κ3) is 58.1. The van der Waals surface area contributed by atoms with Gasteiger partial charge in [0.15, 0.2) is 6.10 Å². The molecule has 0 radical (unpaired) electrons. The topological polar surface area (TPSA) is 78.9 Å². The first-order valence-corrected chi connectivity index (χ1v) is 31.1. The third-order valence-electron chi connectivity index (χ3n) is 13.8. The van der Waals surface area contributed by atoms with Crippen LogP contribution in [0, 0.1) is 0 Å². The first-order chi connectivity index (χ1) is 35.0. The van der Waals surface area contributed by atoms with Crippen molar-refractivity contribution in [2.24, 2.45) is 0 Å². The normalized spacial score (nSPS) is 12.3. The smallest absolute Gasteiger partial charge is 0.306 e. The Morgan fingerprint density at radius 3 is 0.831 bits per heavy atom. The highest BCUT2D eigenvalue weighted by molar-refractivity contribution is 5.71. The first kappa shape index (κ1) is 68.4. The van der Waals surface area contributed by atoms with Crippen molar-refractivity contribution in [3.63, 3.8) is 0 Å². The van der Waals surface area contributed by atoms with Crippen LogP contribution in [0.3, 0.4) is 0 Å². The Kier molecular flexibility index (Phi) is 57.7. The van der Waals surface area contributed by atoms with Crippen LogP contribution in [0.4, 0.5) is 0 Å². The zero-order chi connectivity index (χ0) is 51.4. The molecule has 1 atom stereocenters. The lowest BCUT2D eigenvalue weighted by Gasteiger charge is -2.18. The van der Waals surface area contributed by atoms with E-state index in [1.165, 1.54) is 212 Å². The SMILES string of the molecule is CCCCC/C=C\C/C=C\C/C=C\CCCCCCCCC(=O)OC[C@@H](COC(=O)CCCCCCCCCCCCCCCCCCC)OC(=O)CCCCCCCCC/C=C\CCCCCCCC. The molecule has 0 saturated heterocycles. The predicted molar refractivity (Wildman–Crippen MR) is 307 cm³/mol. The van der Waals surface area contributed by atoms with Gasteiger partial charge in [-0.15, -0.1) is 0 Å². The van der Waals surface area contributed by atoms with E-state index in [1.807, 2.05) is 0 Å². The highest BCUT2D eigenvalue weighted by Gasteiger charge is 2.19. The van der Waals surface area contributed by atoms with Crippen LogP contribution in [0.1, 0.15) is 329 Å². The van der Waals surface area contributed by atoms with Crippen LogP contribution in [0.2, 0.25) is 0 Å². The summed E-state index contributed by atoms with van der Waals surface area (Å²) in [6, 6.07) is 0. The Morgan fingerprint density at radius 1 is 0.282 bits per heavy atom. The summed E-state index contributed by atoms with van der Waals surface area (Å²) in [5.74, 6) is -0.873. The number of unbranched alkanes of at least 4 members (excludes halogenated alkanes) is 38. The molecule has 0 fully saturated rings. The predicted octanol–water partition coefficient (Wildman–Crippen LogP) is 21.0. The van der Waals surface area contributed by atoms with Gasteiger partial charge in [-0.05, 0) is 83.5 Å². The largest absolute Gasteiger partial charge is 0.462 e. The molecule has 0 aliphatic heterocycles. The minimum Gasteiger partial charge on any atom is -0.462 e. The maximum atomic E-state index is 12.9. The third-order valence-corrected chi connectivity index (χ3v) is 13.8. The van der Waals surface area contributed by atoms with Gasteiger partial charge >= 0.3 is 17.9 Å². The standard InChI is InChI=1S/C65H118O6/c1-4-7-10-13-16-19-22-25-28-31-32-35-37-40-43-46-49-52-55-58-64(67)70-61-62(71-65(68)59-56-53-50-47-44-41-38-34-30-27-24-21-18-15-12-9-6-3)60-69-63(66)57-54-51-48-45-42-39-36-33-29-26-23-20-17-14-11-8-5-2/h16,19,25,27-28,30,32,35,62H,4-15,17-18,20-24,26,29,31,33-34,36-61H2,1-3H3/b19-16-,28-25-,30-27-,35-32-/t62-/m1/s1. The van der Waals surface area contributed by atoms with E-state index in [9.17, 15) is 14.4 Å². The van der Waals surface area contributed by atoms with E-state index in [0.29, 0.717) is 19.3 Å². The lowest BCUT2D eigenvalue weighted by molar-refractivity contribution is -0.167. The summed E-state index contributed by atoms with van der Waals surface area (Å²) in [6.07, 6.45) is 73.9. The molecule has 0 aromatic carbocycles. The van der Waals surface area contributed by atoms with Crippen molar-refractivity contribution in [1.29, 1.82) is 0 Å². The van der Waals surface area contributed by atoms with Gasteiger partial charge in [0.05, 0.1) is 0 Å². The molecule has 0 amide bonds. The number of carbonyl (C=O) groups is 3. The van der Waals surface area contributed by atoms with Crippen LogP contribution in [0.15, 0.2) is 48.6 Å². The summed E-state index contributed by atoms with van der Waals surface area (Å²) in [6.45, 7) is 6.64. The van der Waals surface area contributed by atoms with Crippen molar-refractivity contribution < 1.29 is 28.6 Å². The Hall–Kier alpha value is -2.63. The van der Waals surface area contributed by atoms with Crippen molar-refractivity contribution in [3.8, 4) is 0 Å². The van der Waals surface area contributed by atoms with E-state index in [-0.39, 0.29) is 31.1 Å². The van der Waals surface area contributed by atoms with Gasteiger partial charge < -0.3 is 14.2 Å². The first-order valence-electron chi connectivity index (χ1n) is 31.1. The minimum absolute atomic E-state index is 0.0756. The summed E-state index contributed by atoms with van der Waals surface area (Å²) in [5.41, 5.74) is 0. The zero-order valence-electron chi connectivity index (χ0n) is 47.5. The molecule has 0 unspecified atom stereocenters. The van der Waals surface area contributed by atoms with Gasteiger partial charge in [0.2, 0.25) is 0 Å². The number of hydrogen-bond acceptors (Lipinski definition) is 6. The Balaban J connectivity index is 4.37. The summed E-state index contributed by atoms with van der Waals surface area (Å²) in [7, 11) is 0. The Morgan fingerprint density at radius 2 is 0.507 bits per heavy atom. The van der Waals surface area contributed by atoms with E-state index in [0.717, 1.165) is 77.0 Å². The lowest BCUT2D eigenvalue weighted by Crippen LogP contribution is -2.30. The number of ether oxygens (including phenoxy) is 3. The van der Waals surface area contributed by atoms with E-state index in [4.69, 9.17) is 14.2 Å². The minimum atomic E-state index is -0.780. The molecule has 414 valence electrons. The summed E-state index contributed by atoms with van der Waals surface area (Å²) in [5, 5.41) is 0. The molecule has 0 saturated carbocycles. The van der Waals surface area contributed by atoms with Crippen LogP contribution in [0.25, 0.3) is 0 Å². The summed E-state index contributed by atoms with van der Waals surface area (Å²) in [4.78, 5) is 38.3. The van der Waals surface area contributed by atoms with Gasteiger partial charge in [-0.25, -0.2) is 0 Å². The van der Waals surface area contributed by atoms with Gasteiger partial charge in [0, 0.05) is 19.3 Å². The van der Waals surface area contributed by atoms with E-state index in [1.54, 1.807) is 0 Å². The van der Waals surface area contributed by atoms with Crippen LogP contribution >= 0.6 is 0 Å². The van der Waals surface area contributed by atoms with Crippen molar-refractivity contribution >= 4 is 17.9 Å². The quantitative estimate of drug-likeness (QED) is 0.0261. The fourth-order valence-electron chi connectivity index (χ4n) is 9.09. The molecular formula is C65H118O6. The van der Waals surface area contributed by atoms with Crippen molar-refractivity contribution in [2.75, 3.05) is 13.2 Å². The average Bonchev–Trinajstić information content (AvgIpc) is 3.37. The van der Waals surface area contributed by atoms with Crippen LogP contribution < -0.4 is 0 Å². The zero-order valence-corrected chi connectivity index (χ0v) is 47.5. The molecule has 0 aromatic heterocycles. The number of esters is 3. The lowest BCUT2D eigenvalue weighted by atomic mass is 10.0. The number of hydrogen-bond donors (Lipinski definition) is 0. The monoisotopic (exact) mass is 995 g/mol. The average molecular weight is 996 g/mol. The van der Waals surface area contributed by atoms with Crippen molar-refractivity contribution in [1.82, 2.24) is 0 Å². The van der Waals surface area contributed by atoms with Gasteiger partial charge in [-0.1, -0.05) is 275 Å². The molecule has 6 nitrogen and oxygen atoms in total. The molecule has 0 aliphatic carbocycles. The van der Waals surface area contributed by atoms with Crippen molar-refractivity contribution in [3.05, 3.63) is 48.6 Å². The van der Waals surface area contributed by atoms with Crippen LogP contribution in [0.5, 0.6) is 0 Å². The van der Waals surface area contributed by atoms with Crippen LogP contribution in [-0.4, -0.2) is 37.2 Å². The maximum Gasteiger partial charge on any atom is 0.306 e. The van der Waals surface area contributed by atoms with Gasteiger partial charge in [-0.3, -0.25) is 14.4 Å². The summed E-state index contributed by atoms with van der Waals surface area (Å²) < 4.78 is 16.9. The summed E-state index contributed by atoms with van der Waals surface area (Å²) >= 11 is 0. The van der Waals surface area contributed by atoms with Gasteiger partial charge in [0.25, 0.3) is 0 Å². The number of allylic oxidation sites excluding steroid dienone is 8. The van der Waals surface area contributed by atoms with Gasteiger partial charge in [-0.2, -0.15) is 0 Å². The second kappa shape index (κ2) is 59.9. The number of carbonyl (C=O) groups excluding carboxylic acids is 3. The van der Waals surface area contributed by atoms with E-state index < -0.39 is 6.10 Å².